The van der Waals surface area contributed by atoms with Crippen LogP contribution in [0.25, 0.3) is 22.3 Å². The van der Waals surface area contributed by atoms with Crippen molar-refractivity contribution >= 4 is 0 Å². The van der Waals surface area contributed by atoms with Crippen molar-refractivity contribution in [2.75, 3.05) is 13.2 Å². The van der Waals surface area contributed by atoms with E-state index in [4.69, 9.17) is 9.47 Å². The molecule has 3 aromatic rings. The minimum Gasteiger partial charge on any atom is -0.345 e. The molecule has 0 aromatic heterocycles. The molecule has 0 saturated carbocycles. The summed E-state index contributed by atoms with van der Waals surface area (Å²) < 4.78 is 98.7. The van der Waals surface area contributed by atoms with Crippen molar-refractivity contribution in [3.8, 4) is 22.3 Å². The summed E-state index contributed by atoms with van der Waals surface area (Å²) in [7, 11) is 0. The number of hydrogen-bond acceptors (Lipinski definition) is 2. The Labute approximate surface area is 199 Å². The second-order valence-corrected chi connectivity index (χ2v) is 8.64. The molecule has 0 radical (unpaired) electrons. The van der Waals surface area contributed by atoms with Crippen molar-refractivity contribution in [1.29, 1.82) is 0 Å². The molecule has 0 aliphatic carbocycles. The van der Waals surface area contributed by atoms with Crippen molar-refractivity contribution < 1.29 is 35.8 Å². The van der Waals surface area contributed by atoms with Crippen LogP contribution in [0.4, 0.5) is 26.3 Å². The van der Waals surface area contributed by atoms with E-state index in [1.807, 2.05) is 6.92 Å². The largest absolute Gasteiger partial charge is 0.345 e. The lowest BCUT2D eigenvalue weighted by molar-refractivity contribution is -0.239. The van der Waals surface area contributed by atoms with Crippen molar-refractivity contribution in [1.82, 2.24) is 0 Å². The molecule has 3 aromatic carbocycles. The predicted octanol–water partition coefficient (Wildman–Crippen LogP) is 7.83. The maximum Gasteiger partial charge on any atom is 0.184 e. The average Bonchev–Trinajstić information content (AvgIpc) is 2.84. The number of ether oxygens (including phenoxy) is 2. The predicted molar refractivity (Wildman–Crippen MR) is 120 cm³/mol. The number of rotatable bonds is 6. The summed E-state index contributed by atoms with van der Waals surface area (Å²) in [5, 5.41) is 0. The fraction of sp³-hybridized carbons (Fsp3) is 0.333. The topological polar surface area (TPSA) is 18.5 Å². The molecule has 0 N–H and O–H groups in total. The minimum atomic E-state index is -1.61. The Morgan fingerprint density at radius 1 is 0.743 bits per heavy atom. The molecule has 186 valence electrons. The van der Waals surface area contributed by atoms with E-state index in [9.17, 15) is 26.3 Å². The van der Waals surface area contributed by atoms with Gasteiger partial charge in [0, 0.05) is 27.8 Å². The minimum absolute atomic E-state index is 0.111. The van der Waals surface area contributed by atoms with Gasteiger partial charge in [-0.05, 0) is 24.5 Å². The Bertz CT molecular complexity index is 1230. The van der Waals surface area contributed by atoms with Gasteiger partial charge in [0.25, 0.3) is 0 Å². The van der Waals surface area contributed by atoms with Crippen LogP contribution in [0.1, 0.15) is 44.1 Å². The molecule has 1 fully saturated rings. The highest BCUT2D eigenvalue weighted by Crippen LogP contribution is 2.37. The Hall–Kier alpha value is -2.84. The van der Waals surface area contributed by atoms with Crippen molar-refractivity contribution in [2.24, 2.45) is 0 Å². The first-order valence-corrected chi connectivity index (χ1v) is 11.4. The molecule has 0 unspecified atom stereocenters. The van der Waals surface area contributed by atoms with Crippen LogP contribution in [0.3, 0.4) is 0 Å². The zero-order chi connectivity index (χ0) is 25.3. The highest BCUT2D eigenvalue weighted by Gasteiger charge is 2.37. The van der Waals surface area contributed by atoms with E-state index in [1.54, 1.807) is 6.92 Å². The van der Waals surface area contributed by atoms with Crippen LogP contribution >= 0.6 is 0 Å². The summed E-state index contributed by atoms with van der Waals surface area (Å²) in [4.78, 5) is 0. The Balaban J connectivity index is 1.62. The van der Waals surface area contributed by atoms with Crippen molar-refractivity contribution in [3.05, 3.63) is 82.7 Å². The van der Waals surface area contributed by atoms with E-state index >= 15 is 0 Å². The van der Waals surface area contributed by atoms with E-state index in [0.717, 1.165) is 18.2 Å². The van der Waals surface area contributed by atoms with Crippen LogP contribution in [0.15, 0.2) is 42.5 Å². The summed E-state index contributed by atoms with van der Waals surface area (Å²) in [6.07, 6.45) is 0.127. The maximum atomic E-state index is 15.0. The van der Waals surface area contributed by atoms with Crippen LogP contribution in [0.5, 0.6) is 0 Å². The van der Waals surface area contributed by atoms with Gasteiger partial charge >= 0.3 is 0 Å². The van der Waals surface area contributed by atoms with E-state index < -0.39 is 57.7 Å². The van der Waals surface area contributed by atoms with Gasteiger partial charge in [-0.25, -0.2) is 26.3 Å². The smallest absolute Gasteiger partial charge is 0.184 e. The highest BCUT2D eigenvalue weighted by molar-refractivity contribution is 5.72. The lowest BCUT2D eigenvalue weighted by Crippen LogP contribution is -2.41. The van der Waals surface area contributed by atoms with E-state index in [0.29, 0.717) is 6.42 Å². The Morgan fingerprint density at radius 2 is 1.26 bits per heavy atom. The molecule has 1 heterocycles. The molecular formula is C27H24F6O2. The third-order valence-electron chi connectivity index (χ3n) is 6.16. The zero-order valence-corrected chi connectivity index (χ0v) is 19.2. The fourth-order valence-corrected chi connectivity index (χ4v) is 4.26. The van der Waals surface area contributed by atoms with Gasteiger partial charge in [-0.15, -0.1) is 0 Å². The summed E-state index contributed by atoms with van der Waals surface area (Å²) in [5.74, 6) is -6.11. The summed E-state index contributed by atoms with van der Waals surface area (Å²) in [6, 6.07) is 8.36. The summed E-state index contributed by atoms with van der Waals surface area (Å²) in [5.41, 5.74) is -2.78. The molecule has 1 saturated heterocycles. The molecule has 35 heavy (non-hydrogen) atoms. The second kappa shape index (κ2) is 10.0. The van der Waals surface area contributed by atoms with Crippen molar-refractivity contribution in [3.63, 3.8) is 0 Å². The molecule has 2 nitrogen and oxygen atoms in total. The van der Waals surface area contributed by atoms with Gasteiger partial charge in [-0.1, -0.05) is 56.7 Å². The van der Waals surface area contributed by atoms with Crippen molar-refractivity contribution in [2.45, 2.75) is 45.1 Å². The van der Waals surface area contributed by atoms with Crippen LogP contribution < -0.4 is 0 Å². The first kappa shape index (κ1) is 25.3. The average molecular weight is 494 g/mol. The number of benzene rings is 3. The molecule has 0 amide bonds. The summed E-state index contributed by atoms with van der Waals surface area (Å²) >= 11 is 0. The van der Waals surface area contributed by atoms with Crippen LogP contribution in [0.2, 0.25) is 0 Å². The van der Waals surface area contributed by atoms with Gasteiger partial charge < -0.3 is 9.47 Å². The summed E-state index contributed by atoms with van der Waals surface area (Å²) in [6.45, 7) is 3.07. The number of alkyl halides is 1. The molecule has 4 rings (SSSR count). The van der Waals surface area contributed by atoms with Gasteiger partial charge in [-0.2, -0.15) is 0 Å². The first-order valence-electron chi connectivity index (χ1n) is 11.4. The van der Waals surface area contributed by atoms with E-state index in [-0.39, 0.29) is 42.7 Å². The molecule has 1 aliphatic heterocycles. The third kappa shape index (κ3) is 4.82. The van der Waals surface area contributed by atoms with Gasteiger partial charge in [0.1, 0.15) is 5.82 Å². The molecule has 0 atom stereocenters. The quantitative estimate of drug-likeness (QED) is 0.325. The lowest BCUT2D eigenvalue weighted by atomic mass is 9.96. The van der Waals surface area contributed by atoms with Crippen LogP contribution in [-0.2, 0) is 15.9 Å². The van der Waals surface area contributed by atoms with E-state index in [2.05, 4.69) is 0 Å². The van der Waals surface area contributed by atoms with Gasteiger partial charge in [0.2, 0.25) is 0 Å². The number of halogens is 6. The Kier molecular flexibility index (Phi) is 7.24. The standard InChI is InChI=1S/C27H24F6O2/c1-3-11-27(33)13-34-26(35-14-27)16-6-7-17(21(28)12-16)18-9-10-20(25(32)24(18)31)19-8-5-15(4-2)22(29)23(19)30/h5-10,12,26H,3-4,11,13-14H2,1-2H3. The highest BCUT2D eigenvalue weighted by atomic mass is 19.2. The zero-order valence-electron chi connectivity index (χ0n) is 19.2. The van der Waals surface area contributed by atoms with Crippen LogP contribution in [0, 0.1) is 29.1 Å². The van der Waals surface area contributed by atoms with E-state index in [1.165, 1.54) is 24.3 Å². The molecule has 0 spiro atoms. The second-order valence-electron chi connectivity index (χ2n) is 8.64. The Morgan fingerprint density at radius 3 is 1.80 bits per heavy atom. The number of aryl methyl sites for hydroxylation is 1. The lowest BCUT2D eigenvalue weighted by Gasteiger charge is -2.34. The SMILES string of the molecule is CCCC1(F)COC(c2ccc(-c3ccc(-c4ccc(CC)c(F)c4F)c(F)c3F)c(F)c2)OC1. The van der Waals surface area contributed by atoms with Gasteiger partial charge in [0.15, 0.2) is 35.2 Å². The monoisotopic (exact) mass is 494 g/mol. The van der Waals surface area contributed by atoms with Crippen LogP contribution in [-0.4, -0.2) is 18.9 Å². The first-order chi connectivity index (χ1) is 16.7. The van der Waals surface area contributed by atoms with Gasteiger partial charge in [0.05, 0.1) is 13.2 Å². The molecule has 8 heteroatoms. The third-order valence-corrected chi connectivity index (χ3v) is 6.16. The maximum absolute atomic E-state index is 15.0. The molecule has 0 bridgehead atoms. The molecular weight excluding hydrogens is 470 g/mol. The fourth-order valence-electron chi connectivity index (χ4n) is 4.26. The normalized spacial score (nSPS) is 20.3. The van der Waals surface area contributed by atoms with Gasteiger partial charge in [-0.3, -0.25) is 0 Å². The number of hydrogen-bond donors (Lipinski definition) is 0. The molecule has 1 aliphatic rings.